The second kappa shape index (κ2) is 25.9. The predicted molar refractivity (Wildman–Crippen MR) is 121 cm³/mol. The first-order valence-electron chi connectivity index (χ1n) is 12.6. The molecule has 0 aromatic heterocycles. The molecule has 0 saturated carbocycles. The van der Waals surface area contributed by atoms with Crippen molar-refractivity contribution in [2.45, 2.75) is 142 Å². The number of ether oxygens (including phenoxy) is 1. The van der Waals surface area contributed by atoms with Gasteiger partial charge in [0.05, 0.1) is 0 Å². The third-order valence-electron chi connectivity index (χ3n) is 5.59. The van der Waals surface area contributed by atoms with Crippen LogP contribution in [-0.2, 0) is 4.74 Å². The molecule has 0 saturated heterocycles. The minimum atomic E-state index is 0.249. The van der Waals surface area contributed by atoms with E-state index in [-0.39, 0.29) is 6.61 Å². The smallest absolute Gasteiger partial charge is 0.0487 e. The van der Waals surface area contributed by atoms with Crippen LogP contribution in [0.2, 0.25) is 0 Å². The van der Waals surface area contributed by atoms with Crippen molar-refractivity contribution < 1.29 is 9.84 Å². The zero-order chi connectivity index (χ0) is 19.7. The van der Waals surface area contributed by atoms with E-state index in [2.05, 4.69) is 6.92 Å². The van der Waals surface area contributed by atoms with Gasteiger partial charge in [-0.25, -0.2) is 0 Å². The summed E-state index contributed by atoms with van der Waals surface area (Å²) >= 11 is 0. The molecule has 0 aromatic rings. The Hall–Kier alpha value is -0.0800. The summed E-state index contributed by atoms with van der Waals surface area (Å²) in [5.41, 5.74) is 0. The van der Waals surface area contributed by atoms with Gasteiger partial charge in [0.1, 0.15) is 0 Å². The molecule has 0 aromatic carbocycles. The Kier molecular flexibility index (Phi) is 25.8. The van der Waals surface area contributed by atoms with Gasteiger partial charge in [-0.2, -0.15) is 0 Å². The van der Waals surface area contributed by atoms with Crippen molar-refractivity contribution in [1.29, 1.82) is 0 Å². The van der Waals surface area contributed by atoms with Gasteiger partial charge in [0.25, 0.3) is 0 Å². The number of aliphatic hydroxyl groups is 1. The molecule has 2 heteroatoms. The highest BCUT2D eigenvalue weighted by molar-refractivity contribution is 4.51. The highest BCUT2D eigenvalue weighted by atomic mass is 16.5. The third-order valence-corrected chi connectivity index (χ3v) is 5.59. The number of hydrogen-bond acceptors (Lipinski definition) is 2. The normalized spacial score (nSPS) is 11.3. The van der Waals surface area contributed by atoms with Gasteiger partial charge < -0.3 is 9.84 Å². The molecule has 27 heavy (non-hydrogen) atoms. The fourth-order valence-electron chi connectivity index (χ4n) is 3.73. The summed E-state index contributed by atoms with van der Waals surface area (Å²) in [6.07, 6.45) is 29.3. The Labute approximate surface area is 171 Å². The Bertz CT molecular complexity index is 218. The minimum absolute atomic E-state index is 0.249. The summed E-state index contributed by atoms with van der Waals surface area (Å²) in [4.78, 5) is 0. The molecule has 0 bridgehead atoms. The van der Waals surface area contributed by atoms with Crippen LogP contribution >= 0.6 is 0 Å². The lowest BCUT2D eigenvalue weighted by atomic mass is 10.0. The number of unbranched alkanes of at least 4 members (excludes halogenated alkanes) is 19. The molecule has 0 radical (unpaired) electrons. The molecule has 0 fully saturated rings. The first kappa shape index (κ1) is 26.9. The second-order valence-corrected chi connectivity index (χ2v) is 8.41. The SMILES string of the molecule is CCCCCCCCCCCCCCCCCCCCCCOCCCO. The zero-order valence-corrected chi connectivity index (χ0v) is 18.8. The summed E-state index contributed by atoms with van der Waals surface area (Å²) in [5, 5.41) is 8.66. The van der Waals surface area contributed by atoms with Crippen LogP contribution in [-0.4, -0.2) is 24.9 Å². The largest absolute Gasteiger partial charge is 0.396 e. The highest BCUT2D eigenvalue weighted by Crippen LogP contribution is 2.14. The quantitative estimate of drug-likeness (QED) is 0.170. The maximum Gasteiger partial charge on any atom is 0.0487 e. The lowest BCUT2D eigenvalue weighted by Gasteiger charge is -2.04. The Morgan fingerprint density at radius 1 is 0.407 bits per heavy atom. The summed E-state index contributed by atoms with van der Waals surface area (Å²) < 4.78 is 5.45. The average molecular weight is 385 g/mol. The fraction of sp³-hybridized carbons (Fsp3) is 1.00. The predicted octanol–water partition coefficient (Wildman–Crippen LogP) is 8.21. The molecule has 0 aliphatic carbocycles. The van der Waals surface area contributed by atoms with E-state index in [0.29, 0.717) is 0 Å². The summed E-state index contributed by atoms with van der Waals surface area (Å²) in [7, 11) is 0. The second-order valence-electron chi connectivity index (χ2n) is 8.41. The molecular weight excluding hydrogens is 332 g/mol. The van der Waals surface area contributed by atoms with E-state index in [1.165, 1.54) is 128 Å². The molecule has 0 aliphatic rings. The van der Waals surface area contributed by atoms with Gasteiger partial charge in [0, 0.05) is 19.8 Å². The molecule has 1 N–H and O–H groups in total. The standard InChI is InChI=1S/C25H52O2/c1-2-3-4-5-6-7-8-9-10-11-12-13-14-15-16-17-18-19-20-21-24-27-25-22-23-26/h26H,2-25H2,1H3. The topological polar surface area (TPSA) is 29.5 Å². The maximum absolute atomic E-state index is 8.66. The van der Waals surface area contributed by atoms with Crippen molar-refractivity contribution in [3.8, 4) is 0 Å². The summed E-state index contributed by atoms with van der Waals surface area (Å²) in [6, 6.07) is 0. The van der Waals surface area contributed by atoms with Crippen LogP contribution in [0.25, 0.3) is 0 Å². The molecular formula is C25H52O2. The molecule has 0 aliphatic heterocycles. The van der Waals surface area contributed by atoms with E-state index >= 15 is 0 Å². The van der Waals surface area contributed by atoms with E-state index < -0.39 is 0 Å². The van der Waals surface area contributed by atoms with Crippen LogP contribution in [0.15, 0.2) is 0 Å². The number of hydrogen-bond donors (Lipinski definition) is 1. The van der Waals surface area contributed by atoms with Crippen molar-refractivity contribution >= 4 is 0 Å². The van der Waals surface area contributed by atoms with Crippen LogP contribution in [0.3, 0.4) is 0 Å². The lowest BCUT2D eigenvalue weighted by molar-refractivity contribution is 0.112. The summed E-state index contributed by atoms with van der Waals surface area (Å²) in [6.45, 7) is 4.14. The van der Waals surface area contributed by atoms with Gasteiger partial charge in [-0.1, -0.05) is 129 Å². The van der Waals surface area contributed by atoms with Crippen LogP contribution in [0, 0.1) is 0 Å². The van der Waals surface area contributed by atoms with Crippen LogP contribution in [0.5, 0.6) is 0 Å². The molecule has 2 nitrogen and oxygen atoms in total. The summed E-state index contributed by atoms with van der Waals surface area (Å²) in [5.74, 6) is 0. The average Bonchev–Trinajstić information content (AvgIpc) is 2.68. The first-order valence-corrected chi connectivity index (χ1v) is 12.6. The van der Waals surface area contributed by atoms with Crippen molar-refractivity contribution in [1.82, 2.24) is 0 Å². The lowest BCUT2D eigenvalue weighted by Crippen LogP contribution is -1.98. The van der Waals surface area contributed by atoms with Gasteiger partial charge >= 0.3 is 0 Å². The van der Waals surface area contributed by atoms with Gasteiger partial charge in [-0.05, 0) is 12.8 Å². The van der Waals surface area contributed by atoms with Gasteiger partial charge in [-0.15, -0.1) is 0 Å². The monoisotopic (exact) mass is 384 g/mol. The van der Waals surface area contributed by atoms with Crippen molar-refractivity contribution in [2.75, 3.05) is 19.8 Å². The van der Waals surface area contributed by atoms with E-state index in [4.69, 9.17) is 9.84 Å². The molecule has 0 amide bonds. The Balaban J connectivity index is 2.95. The number of rotatable bonds is 24. The third kappa shape index (κ3) is 25.9. The molecule has 0 unspecified atom stereocenters. The highest BCUT2D eigenvalue weighted by Gasteiger charge is 1.95. The Morgan fingerprint density at radius 2 is 0.704 bits per heavy atom. The van der Waals surface area contributed by atoms with E-state index in [1.54, 1.807) is 0 Å². The van der Waals surface area contributed by atoms with Gasteiger partial charge in [-0.3, -0.25) is 0 Å². The minimum Gasteiger partial charge on any atom is -0.396 e. The van der Waals surface area contributed by atoms with Crippen LogP contribution in [0.1, 0.15) is 142 Å². The molecule has 164 valence electrons. The molecule has 0 heterocycles. The van der Waals surface area contributed by atoms with Gasteiger partial charge in [0.2, 0.25) is 0 Å². The van der Waals surface area contributed by atoms with E-state index in [1.807, 2.05) is 0 Å². The number of aliphatic hydroxyl groups excluding tert-OH is 1. The maximum atomic E-state index is 8.66. The van der Waals surface area contributed by atoms with E-state index in [9.17, 15) is 0 Å². The van der Waals surface area contributed by atoms with Gasteiger partial charge in [0.15, 0.2) is 0 Å². The first-order chi connectivity index (χ1) is 13.4. The van der Waals surface area contributed by atoms with Crippen molar-refractivity contribution in [2.24, 2.45) is 0 Å². The molecule has 0 atom stereocenters. The molecule has 0 spiro atoms. The zero-order valence-electron chi connectivity index (χ0n) is 18.8. The van der Waals surface area contributed by atoms with Crippen LogP contribution in [0.4, 0.5) is 0 Å². The Morgan fingerprint density at radius 3 is 1.04 bits per heavy atom. The molecule has 0 rings (SSSR count). The van der Waals surface area contributed by atoms with Crippen LogP contribution < -0.4 is 0 Å². The van der Waals surface area contributed by atoms with E-state index in [0.717, 1.165) is 19.6 Å². The van der Waals surface area contributed by atoms with Crippen molar-refractivity contribution in [3.05, 3.63) is 0 Å². The fourth-order valence-corrected chi connectivity index (χ4v) is 3.73. The van der Waals surface area contributed by atoms with Crippen molar-refractivity contribution in [3.63, 3.8) is 0 Å².